The van der Waals surface area contributed by atoms with Gasteiger partial charge in [-0.25, -0.2) is 4.68 Å². The van der Waals surface area contributed by atoms with Crippen LogP contribution in [0.15, 0.2) is 35.3 Å². The Kier molecular flexibility index (Phi) is 3.41. The molecule has 2 heterocycles. The molecule has 0 aliphatic carbocycles. The zero-order chi connectivity index (χ0) is 13.1. The second-order valence-electron chi connectivity index (χ2n) is 4.58. The molecule has 0 saturated heterocycles. The van der Waals surface area contributed by atoms with Crippen LogP contribution in [0, 0.1) is 5.92 Å². The molecule has 5 heteroatoms. The number of pyridine rings is 1. The number of hydrogen-bond acceptors (Lipinski definition) is 4. The predicted octanol–water partition coefficient (Wildman–Crippen LogP) is 1.54. The van der Waals surface area contributed by atoms with Crippen molar-refractivity contribution in [2.45, 2.75) is 20.4 Å². The van der Waals surface area contributed by atoms with Crippen LogP contribution in [-0.2, 0) is 6.54 Å². The first-order valence-corrected chi connectivity index (χ1v) is 5.87. The lowest BCUT2D eigenvalue weighted by Gasteiger charge is -2.10. The molecule has 2 aromatic rings. The molecule has 94 valence electrons. The molecule has 5 nitrogen and oxygen atoms in total. The number of nitrogen functional groups attached to an aromatic ring is 1. The van der Waals surface area contributed by atoms with Crippen molar-refractivity contribution in [3.8, 4) is 11.4 Å². The Hall–Kier alpha value is -2.17. The first kappa shape index (κ1) is 12.3. The minimum atomic E-state index is -0.247. The van der Waals surface area contributed by atoms with E-state index in [0.717, 1.165) is 0 Å². The summed E-state index contributed by atoms with van der Waals surface area (Å²) in [7, 11) is 0. The van der Waals surface area contributed by atoms with Gasteiger partial charge in [-0.2, -0.15) is 5.10 Å². The van der Waals surface area contributed by atoms with Crippen molar-refractivity contribution in [1.82, 2.24) is 14.8 Å². The van der Waals surface area contributed by atoms with Gasteiger partial charge in [0, 0.05) is 12.7 Å². The summed E-state index contributed by atoms with van der Waals surface area (Å²) in [4.78, 5) is 16.0. The molecule has 0 aliphatic heterocycles. The zero-order valence-electron chi connectivity index (χ0n) is 10.5. The molecule has 0 aliphatic rings. The SMILES string of the molecule is CC(C)Cn1nc(-c2ccccn2)cc(N)c1=O. The van der Waals surface area contributed by atoms with E-state index in [1.54, 1.807) is 12.3 Å². The van der Waals surface area contributed by atoms with Gasteiger partial charge in [0.25, 0.3) is 5.56 Å². The van der Waals surface area contributed by atoms with Gasteiger partial charge >= 0.3 is 0 Å². The summed E-state index contributed by atoms with van der Waals surface area (Å²) in [5.74, 6) is 0.327. The molecular weight excluding hydrogens is 228 g/mol. The predicted molar refractivity (Wildman–Crippen MR) is 71.0 cm³/mol. The van der Waals surface area contributed by atoms with Crippen LogP contribution >= 0.6 is 0 Å². The molecule has 2 N–H and O–H groups in total. The maximum atomic E-state index is 11.8. The largest absolute Gasteiger partial charge is 0.394 e. The molecule has 0 fully saturated rings. The lowest BCUT2D eigenvalue weighted by Crippen LogP contribution is -2.27. The van der Waals surface area contributed by atoms with Crippen LogP contribution in [0.3, 0.4) is 0 Å². The number of nitrogens with two attached hydrogens (primary N) is 1. The van der Waals surface area contributed by atoms with Crippen molar-refractivity contribution >= 4 is 5.69 Å². The number of aromatic nitrogens is 3. The average molecular weight is 244 g/mol. The average Bonchev–Trinajstić information content (AvgIpc) is 2.35. The Balaban J connectivity index is 2.51. The highest BCUT2D eigenvalue weighted by Gasteiger charge is 2.09. The minimum Gasteiger partial charge on any atom is -0.394 e. The highest BCUT2D eigenvalue weighted by molar-refractivity contribution is 5.57. The summed E-state index contributed by atoms with van der Waals surface area (Å²) in [6.07, 6.45) is 1.69. The van der Waals surface area contributed by atoms with Crippen LogP contribution < -0.4 is 11.3 Å². The third kappa shape index (κ3) is 2.56. The van der Waals surface area contributed by atoms with Crippen molar-refractivity contribution in [3.63, 3.8) is 0 Å². The third-order valence-electron chi connectivity index (χ3n) is 2.47. The van der Waals surface area contributed by atoms with E-state index in [1.807, 2.05) is 32.0 Å². The minimum absolute atomic E-state index is 0.200. The van der Waals surface area contributed by atoms with Crippen LogP contribution in [-0.4, -0.2) is 14.8 Å². The molecule has 0 saturated carbocycles. The van der Waals surface area contributed by atoms with E-state index in [4.69, 9.17) is 5.73 Å². The Morgan fingerprint density at radius 3 is 2.72 bits per heavy atom. The van der Waals surface area contributed by atoms with E-state index in [2.05, 4.69) is 10.1 Å². The monoisotopic (exact) mass is 244 g/mol. The number of nitrogens with zero attached hydrogens (tertiary/aromatic N) is 3. The molecule has 0 aromatic carbocycles. The fourth-order valence-corrected chi connectivity index (χ4v) is 1.67. The third-order valence-corrected chi connectivity index (χ3v) is 2.47. The fourth-order valence-electron chi connectivity index (χ4n) is 1.67. The summed E-state index contributed by atoms with van der Waals surface area (Å²) in [6, 6.07) is 7.11. The highest BCUT2D eigenvalue weighted by atomic mass is 16.1. The smallest absolute Gasteiger partial charge is 0.289 e. The fraction of sp³-hybridized carbons (Fsp3) is 0.308. The zero-order valence-corrected chi connectivity index (χ0v) is 10.5. The van der Waals surface area contributed by atoms with Crippen molar-refractivity contribution in [1.29, 1.82) is 0 Å². The summed E-state index contributed by atoms with van der Waals surface area (Å²) in [6.45, 7) is 4.60. The summed E-state index contributed by atoms with van der Waals surface area (Å²) >= 11 is 0. The van der Waals surface area contributed by atoms with Crippen LogP contribution in [0.4, 0.5) is 5.69 Å². The van der Waals surface area contributed by atoms with Gasteiger partial charge in [0.1, 0.15) is 11.4 Å². The molecule has 0 atom stereocenters. The van der Waals surface area contributed by atoms with Crippen molar-refractivity contribution in [2.24, 2.45) is 5.92 Å². The van der Waals surface area contributed by atoms with Crippen LogP contribution in [0.1, 0.15) is 13.8 Å². The summed E-state index contributed by atoms with van der Waals surface area (Å²) in [5.41, 5.74) is 7.02. The maximum Gasteiger partial charge on any atom is 0.289 e. The standard InChI is InChI=1S/C13H16N4O/c1-9(2)8-17-13(18)10(14)7-12(16-17)11-5-3-4-6-15-11/h3-7,9H,8,14H2,1-2H3. The molecular formula is C13H16N4O. The van der Waals surface area contributed by atoms with Gasteiger partial charge in [0.05, 0.1) is 5.69 Å². The Morgan fingerprint density at radius 2 is 2.11 bits per heavy atom. The number of anilines is 1. The molecule has 0 amide bonds. The van der Waals surface area contributed by atoms with Crippen LogP contribution in [0.5, 0.6) is 0 Å². The van der Waals surface area contributed by atoms with E-state index in [1.165, 1.54) is 4.68 Å². The van der Waals surface area contributed by atoms with Crippen molar-refractivity contribution in [2.75, 3.05) is 5.73 Å². The highest BCUT2D eigenvalue weighted by Crippen LogP contribution is 2.13. The number of hydrogen-bond donors (Lipinski definition) is 1. The van der Waals surface area contributed by atoms with E-state index in [9.17, 15) is 4.79 Å². The van der Waals surface area contributed by atoms with Gasteiger partial charge in [-0.05, 0) is 24.1 Å². The van der Waals surface area contributed by atoms with Gasteiger partial charge in [-0.15, -0.1) is 0 Å². The second kappa shape index (κ2) is 5.00. The van der Waals surface area contributed by atoms with Gasteiger partial charge in [-0.1, -0.05) is 19.9 Å². The van der Waals surface area contributed by atoms with Gasteiger partial charge in [0.2, 0.25) is 0 Å². The first-order valence-electron chi connectivity index (χ1n) is 5.87. The molecule has 0 unspecified atom stereocenters. The van der Waals surface area contributed by atoms with Crippen LogP contribution in [0.25, 0.3) is 11.4 Å². The quantitative estimate of drug-likeness (QED) is 0.888. The summed E-state index contributed by atoms with van der Waals surface area (Å²) in [5, 5.41) is 4.31. The van der Waals surface area contributed by atoms with Gasteiger partial charge < -0.3 is 5.73 Å². The van der Waals surface area contributed by atoms with Gasteiger partial charge in [-0.3, -0.25) is 9.78 Å². The lowest BCUT2D eigenvalue weighted by molar-refractivity contribution is 0.466. The normalized spacial score (nSPS) is 10.8. The second-order valence-corrected chi connectivity index (χ2v) is 4.58. The van der Waals surface area contributed by atoms with E-state index >= 15 is 0 Å². The Morgan fingerprint density at radius 1 is 1.33 bits per heavy atom. The first-order chi connectivity index (χ1) is 8.58. The molecule has 0 radical (unpaired) electrons. The van der Waals surface area contributed by atoms with E-state index in [-0.39, 0.29) is 11.2 Å². The molecule has 0 spiro atoms. The number of rotatable bonds is 3. The molecule has 18 heavy (non-hydrogen) atoms. The topological polar surface area (TPSA) is 73.8 Å². The molecule has 2 rings (SSSR count). The molecule has 0 bridgehead atoms. The summed E-state index contributed by atoms with van der Waals surface area (Å²) < 4.78 is 1.41. The Labute approximate surface area is 105 Å². The van der Waals surface area contributed by atoms with Crippen molar-refractivity contribution < 1.29 is 0 Å². The maximum absolute atomic E-state index is 11.8. The van der Waals surface area contributed by atoms with E-state index in [0.29, 0.717) is 23.9 Å². The van der Waals surface area contributed by atoms with Crippen LogP contribution in [0.2, 0.25) is 0 Å². The van der Waals surface area contributed by atoms with Crippen molar-refractivity contribution in [3.05, 3.63) is 40.8 Å². The molecule has 2 aromatic heterocycles. The lowest BCUT2D eigenvalue weighted by atomic mass is 10.2. The Bertz CT molecular complexity index is 590. The van der Waals surface area contributed by atoms with E-state index < -0.39 is 0 Å². The van der Waals surface area contributed by atoms with Gasteiger partial charge in [0.15, 0.2) is 0 Å².